The molecular formula is C8H16N4O2S. The molecule has 7 heteroatoms. The Hall–Kier alpha value is -0.920. The largest absolute Gasteiger partial charge is 0.316 e. The van der Waals surface area contributed by atoms with Crippen LogP contribution in [-0.2, 0) is 16.6 Å². The second-order valence-corrected chi connectivity index (χ2v) is 5.07. The maximum absolute atomic E-state index is 11.4. The third-order valence-corrected chi connectivity index (χ3v) is 2.93. The number of hydrogen-bond donors (Lipinski definition) is 2. The van der Waals surface area contributed by atoms with Crippen LogP contribution < -0.4 is 10.5 Å². The Morgan fingerprint density at radius 1 is 1.60 bits per heavy atom. The molecule has 0 fully saturated rings. The van der Waals surface area contributed by atoms with Crippen molar-refractivity contribution in [3.8, 4) is 0 Å². The van der Waals surface area contributed by atoms with Gasteiger partial charge in [-0.05, 0) is 20.9 Å². The molecule has 0 saturated carbocycles. The van der Waals surface area contributed by atoms with Crippen LogP contribution in [0.25, 0.3) is 0 Å². The lowest BCUT2D eigenvalue weighted by molar-refractivity contribution is 0.476. The first kappa shape index (κ1) is 12.2. The Morgan fingerprint density at radius 3 is 2.60 bits per heavy atom. The summed E-state index contributed by atoms with van der Waals surface area (Å²) < 4.78 is 24.2. The Morgan fingerprint density at radius 2 is 2.20 bits per heavy atom. The van der Waals surface area contributed by atoms with Crippen molar-refractivity contribution >= 4 is 10.0 Å². The number of primary sulfonamides is 1. The number of nitrogens with zero attached hydrogens (tertiary/aromatic N) is 2. The molecule has 0 radical (unpaired) electrons. The molecule has 0 saturated heterocycles. The van der Waals surface area contributed by atoms with Gasteiger partial charge in [0, 0.05) is 18.2 Å². The molecule has 86 valence electrons. The summed E-state index contributed by atoms with van der Waals surface area (Å²) in [5.74, 6) is 0. The lowest BCUT2D eigenvalue weighted by atomic mass is 10.3. The van der Waals surface area contributed by atoms with Gasteiger partial charge in [0.15, 0.2) is 5.03 Å². The van der Waals surface area contributed by atoms with Gasteiger partial charge in [-0.1, -0.05) is 0 Å². The van der Waals surface area contributed by atoms with Crippen LogP contribution in [0.2, 0.25) is 0 Å². The normalized spacial score (nSPS) is 12.3. The van der Waals surface area contributed by atoms with Gasteiger partial charge in [-0.25, -0.2) is 13.6 Å². The molecule has 3 N–H and O–H groups in total. The second-order valence-electron chi connectivity index (χ2n) is 3.59. The van der Waals surface area contributed by atoms with E-state index in [1.165, 1.54) is 10.9 Å². The van der Waals surface area contributed by atoms with Crippen LogP contribution in [0.1, 0.15) is 25.5 Å². The molecule has 0 aliphatic carbocycles. The minimum Gasteiger partial charge on any atom is -0.316 e. The molecule has 0 bridgehead atoms. The smallest absolute Gasteiger partial charge is 0.255 e. The fraction of sp³-hybridized carbons (Fsp3) is 0.625. The first-order valence-corrected chi connectivity index (χ1v) is 6.16. The Balaban J connectivity index is 3.34. The van der Waals surface area contributed by atoms with Crippen LogP contribution in [0.4, 0.5) is 0 Å². The van der Waals surface area contributed by atoms with Crippen LogP contribution in [0.3, 0.4) is 0 Å². The maximum Gasteiger partial charge on any atom is 0.255 e. The summed E-state index contributed by atoms with van der Waals surface area (Å²) in [6, 6.07) is -0.0380. The topological polar surface area (TPSA) is 90.0 Å². The lowest BCUT2D eigenvalue weighted by Crippen LogP contribution is -2.21. The quantitative estimate of drug-likeness (QED) is 0.754. The zero-order valence-corrected chi connectivity index (χ0v) is 9.87. The van der Waals surface area contributed by atoms with Crippen molar-refractivity contribution in [2.24, 2.45) is 5.14 Å². The minimum absolute atomic E-state index is 0.0380. The monoisotopic (exact) mass is 232 g/mol. The number of hydrogen-bond acceptors (Lipinski definition) is 4. The summed E-state index contributed by atoms with van der Waals surface area (Å²) in [7, 11) is -1.99. The average molecular weight is 232 g/mol. The maximum atomic E-state index is 11.4. The van der Waals surface area contributed by atoms with Crippen molar-refractivity contribution < 1.29 is 8.42 Å². The Kier molecular flexibility index (Phi) is 3.48. The van der Waals surface area contributed by atoms with Crippen LogP contribution in [-0.4, -0.2) is 25.2 Å². The number of aromatic nitrogens is 2. The van der Waals surface area contributed by atoms with Crippen LogP contribution >= 0.6 is 0 Å². The molecular weight excluding hydrogens is 216 g/mol. The highest BCUT2D eigenvalue weighted by Gasteiger charge is 2.21. The van der Waals surface area contributed by atoms with Crippen LogP contribution in [0, 0.1) is 0 Å². The summed E-state index contributed by atoms with van der Waals surface area (Å²) in [5.41, 5.74) is 0.591. The molecule has 0 aliphatic heterocycles. The van der Waals surface area contributed by atoms with Crippen molar-refractivity contribution in [3.05, 3.63) is 11.8 Å². The van der Waals surface area contributed by atoms with Gasteiger partial charge in [-0.2, -0.15) is 5.10 Å². The van der Waals surface area contributed by atoms with Crippen molar-refractivity contribution in [1.29, 1.82) is 0 Å². The van der Waals surface area contributed by atoms with E-state index in [0.717, 1.165) is 0 Å². The zero-order chi connectivity index (χ0) is 11.6. The third-order valence-electron chi connectivity index (χ3n) is 1.95. The number of rotatable bonds is 4. The summed E-state index contributed by atoms with van der Waals surface area (Å²) in [6.45, 7) is 4.13. The summed E-state index contributed by atoms with van der Waals surface area (Å²) >= 11 is 0. The van der Waals surface area contributed by atoms with E-state index in [9.17, 15) is 8.42 Å². The first-order chi connectivity index (χ1) is 6.88. The van der Waals surface area contributed by atoms with Gasteiger partial charge >= 0.3 is 0 Å². The summed E-state index contributed by atoms with van der Waals surface area (Å²) in [4.78, 5) is 0. The number of nitrogens with one attached hydrogen (secondary N) is 1. The van der Waals surface area contributed by atoms with E-state index in [4.69, 9.17) is 5.14 Å². The van der Waals surface area contributed by atoms with E-state index in [2.05, 4.69) is 10.4 Å². The van der Waals surface area contributed by atoms with Gasteiger partial charge in [0.25, 0.3) is 10.0 Å². The lowest BCUT2D eigenvalue weighted by Gasteiger charge is -2.10. The fourth-order valence-electron chi connectivity index (χ4n) is 1.38. The van der Waals surface area contributed by atoms with Crippen molar-refractivity contribution in [2.75, 3.05) is 7.05 Å². The third kappa shape index (κ3) is 2.55. The van der Waals surface area contributed by atoms with E-state index in [0.29, 0.717) is 12.1 Å². The van der Waals surface area contributed by atoms with Gasteiger partial charge < -0.3 is 5.32 Å². The van der Waals surface area contributed by atoms with E-state index in [-0.39, 0.29) is 11.1 Å². The van der Waals surface area contributed by atoms with Gasteiger partial charge in [0.1, 0.15) is 0 Å². The zero-order valence-electron chi connectivity index (χ0n) is 9.06. The van der Waals surface area contributed by atoms with Crippen LogP contribution in [0.5, 0.6) is 0 Å². The minimum atomic E-state index is -3.73. The van der Waals surface area contributed by atoms with E-state index in [1.54, 1.807) is 7.05 Å². The van der Waals surface area contributed by atoms with Gasteiger partial charge in [-0.15, -0.1) is 0 Å². The highest BCUT2D eigenvalue weighted by Crippen LogP contribution is 2.17. The first-order valence-electron chi connectivity index (χ1n) is 4.61. The summed E-state index contributed by atoms with van der Waals surface area (Å²) in [6.07, 6.45) is 1.52. The molecule has 1 heterocycles. The predicted octanol–water partition coefficient (Wildman–Crippen LogP) is -0.169. The van der Waals surface area contributed by atoms with Crippen molar-refractivity contribution in [3.63, 3.8) is 0 Å². The molecule has 1 aromatic heterocycles. The SMILES string of the molecule is CNCc1cnn(C(C)C)c1S(N)(=O)=O. The Labute approximate surface area is 89.5 Å². The number of sulfonamides is 1. The Bertz CT molecular complexity index is 435. The predicted molar refractivity (Wildman–Crippen MR) is 56.7 cm³/mol. The molecule has 0 aromatic carbocycles. The van der Waals surface area contributed by atoms with E-state index >= 15 is 0 Å². The average Bonchev–Trinajstić information content (AvgIpc) is 2.47. The number of nitrogens with two attached hydrogens (primary N) is 1. The molecule has 6 nitrogen and oxygen atoms in total. The van der Waals surface area contributed by atoms with E-state index < -0.39 is 10.0 Å². The molecule has 0 aliphatic rings. The van der Waals surface area contributed by atoms with Gasteiger partial charge in [0.2, 0.25) is 0 Å². The van der Waals surface area contributed by atoms with Gasteiger partial charge in [0.05, 0.1) is 6.20 Å². The summed E-state index contributed by atoms with van der Waals surface area (Å²) in [5, 5.41) is 12.1. The van der Waals surface area contributed by atoms with Gasteiger partial charge in [-0.3, -0.25) is 4.68 Å². The molecule has 1 aromatic rings. The fourth-order valence-corrected chi connectivity index (χ4v) is 2.39. The molecule has 1 rings (SSSR count). The van der Waals surface area contributed by atoms with E-state index in [1.807, 2.05) is 13.8 Å². The molecule has 0 amide bonds. The highest BCUT2D eigenvalue weighted by atomic mass is 32.2. The molecule has 0 unspecified atom stereocenters. The van der Waals surface area contributed by atoms with Crippen LogP contribution in [0.15, 0.2) is 11.2 Å². The second kappa shape index (κ2) is 4.30. The van der Waals surface area contributed by atoms with Crippen molar-refractivity contribution in [2.45, 2.75) is 31.5 Å². The molecule has 0 atom stereocenters. The standard InChI is InChI=1S/C8H16N4O2S/c1-6(2)12-8(15(9,13)14)7(4-10-3)5-11-12/h5-6,10H,4H2,1-3H3,(H2,9,13,14). The van der Waals surface area contributed by atoms with Crippen molar-refractivity contribution in [1.82, 2.24) is 15.1 Å². The molecule has 15 heavy (non-hydrogen) atoms. The highest BCUT2D eigenvalue weighted by molar-refractivity contribution is 7.89. The molecule has 0 spiro atoms.